The van der Waals surface area contributed by atoms with E-state index >= 15 is 0 Å². The second-order valence-electron chi connectivity index (χ2n) is 4.23. The third kappa shape index (κ3) is 3.63. The number of benzene rings is 2. The summed E-state index contributed by atoms with van der Waals surface area (Å²) in [5.41, 5.74) is 6.75. The molecule has 0 aliphatic rings. The van der Waals surface area contributed by atoms with Gasteiger partial charge in [-0.3, -0.25) is 10.1 Å². The quantitative estimate of drug-likeness (QED) is 0.395. The topological polar surface area (TPSA) is 78.4 Å². The molecule has 0 saturated carbocycles. The standard InChI is InChI=1S/C14H13FN2O3S/c1-20-13-4-2-9(6-12(13)17(18)19)8-21-14-5-3-10(15)7-11(14)16/h2-7H,8,16H2,1H3. The summed E-state index contributed by atoms with van der Waals surface area (Å²) in [6.07, 6.45) is 0. The molecule has 0 fully saturated rings. The van der Waals surface area contributed by atoms with Crippen LogP contribution in [0.5, 0.6) is 5.75 Å². The Bertz CT molecular complexity index is 679. The van der Waals surface area contributed by atoms with Gasteiger partial charge in [0.1, 0.15) is 5.82 Å². The molecular formula is C14H13FN2O3S. The van der Waals surface area contributed by atoms with Crippen molar-refractivity contribution in [1.82, 2.24) is 0 Å². The van der Waals surface area contributed by atoms with Gasteiger partial charge in [-0.1, -0.05) is 6.07 Å². The summed E-state index contributed by atoms with van der Waals surface area (Å²) >= 11 is 1.39. The summed E-state index contributed by atoms with van der Waals surface area (Å²) in [5, 5.41) is 11.0. The molecule has 0 aliphatic carbocycles. The van der Waals surface area contributed by atoms with Gasteiger partial charge in [0, 0.05) is 22.4 Å². The average molecular weight is 308 g/mol. The number of nitro groups is 1. The van der Waals surface area contributed by atoms with Crippen molar-refractivity contribution in [3.8, 4) is 5.75 Å². The van der Waals surface area contributed by atoms with Crippen LogP contribution < -0.4 is 10.5 Å². The highest BCUT2D eigenvalue weighted by Crippen LogP contribution is 2.32. The number of ether oxygens (including phenoxy) is 1. The third-order valence-electron chi connectivity index (χ3n) is 2.81. The van der Waals surface area contributed by atoms with E-state index < -0.39 is 10.7 Å². The largest absolute Gasteiger partial charge is 0.490 e. The molecule has 2 rings (SSSR count). The van der Waals surface area contributed by atoms with Crippen LogP contribution in [0.4, 0.5) is 15.8 Å². The maximum Gasteiger partial charge on any atom is 0.311 e. The smallest absolute Gasteiger partial charge is 0.311 e. The van der Waals surface area contributed by atoms with E-state index in [4.69, 9.17) is 10.5 Å². The lowest BCUT2D eigenvalue weighted by Gasteiger charge is -2.07. The van der Waals surface area contributed by atoms with Gasteiger partial charge in [-0.25, -0.2) is 4.39 Å². The second-order valence-corrected chi connectivity index (χ2v) is 5.25. The predicted molar refractivity (Wildman–Crippen MR) is 80.0 cm³/mol. The zero-order chi connectivity index (χ0) is 15.4. The second kappa shape index (κ2) is 6.45. The van der Waals surface area contributed by atoms with E-state index in [9.17, 15) is 14.5 Å². The van der Waals surface area contributed by atoms with Crippen molar-refractivity contribution in [3.05, 3.63) is 57.9 Å². The molecule has 2 aromatic rings. The van der Waals surface area contributed by atoms with E-state index in [1.807, 2.05) is 0 Å². The molecule has 0 heterocycles. The molecule has 0 aliphatic heterocycles. The first-order valence-electron chi connectivity index (χ1n) is 6.00. The van der Waals surface area contributed by atoms with Crippen molar-refractivity contribution in [3.63, 3.8) is 0 Å². The zero-order valence-electron chi connectivity index (χ0n) is 11.2. The molecule has 110 valence electrons. The molecular weight excluding hydrogens is 295 g/mol. The number of anilines is 1. The van der Waals surface area contributed by atoms with Gasteiger partial charge >= 0.3 is 5.69 Å². The number of nitrogens with zero attached hydrogens (tertiary/aromatic N) is 1. The summed E-state index contributed by atoms with van der Waals surface area (Å²) in [4.78, 5) is 11.2. The lowest BCUT2D eigenvalue weighted by molar-refractivity contribution is -0.385. The highest BCUT2D eigenvalue weighted by atomic mass is 32.2. The highest BCUT2D eigenvalue weighted by Gasteiger charge is 2.15. The summed E-state index contributed by atoms with van der Waals surface area (Å²) in [7, 11) is 1.38. The van der Waals surface area contributed by atoms with Gasteiger partial charge in [-0.2, -0.15) is 0 Å². The monoisotopic (exact) mass is 308 g/mol. The van der Waals surface area contributed by atoms with Crippen molar-refractivity contribution in [1.29, 1.82) is 0 Å². The van der Waals surface area contributed by atoms with Gasteiger partial charge in [0.2, 0.25) is 0 Å². The van der Waals surface area contributed by atoms with Crippen molar-refractivity contribution < 1.29 is 14.1 Å². The van der Waals surface area contributed by atoms with Crippen LogP contribution in [0.3, 0.4) is 0 Å². The molecule has 2 aromatic carbocycles. The number of nitro benzene ring substituents is 1. The van der Waals surface area contributed by atoms with E-state index in [-0.39, 0.29) is 11.4 Å². The van der Waals surface area contributed by atoms with Gasteiger partial charge < -0.3 is 10.5 Å². The molecule has 0 bridgehead atoms. The van der Waals surface area contributed by atoms with Crippen molar-refractivity contribution >= 4 is 23.1 Å². The Kier molecular flexibility index (Phi) is 4.64. The molecule has 0 saturated heterocycles. The fraction of sp³-hybridized carbons (Fsp3) is 0.143. The van der Waals surface area contributed by atoms with Crippen LogP contribution in [-0.4, -0.2) is 12.0 Å². The van der Waals surface area contributed by atoms with Crippen LogP contribution >= 0.6 is 11.8 Å². The third-order valence-corrected chi connectivity index (χ3v) is 3.97. The first-order chi connectivity index (χ1) is 10.0. The lowest BCUT2D eigenvalue weighted by Crippen LogP contribution is -1.95. The number of hydrogen-bond donors (Lipinski definition) is 1. The van der Waals surface area contributed by atoms with Crippen molar-refractivity contribution in [2.75, 3.05) is 12.8 Å². The van der Waals surface area contributed by atoms with E-state index in [2.05, 4.69) is 0 Å². The summed E-state index contributed by atoms with van der Waals surface area (Å²) < 4.78 is 17.9. The van der Waals surface area contributed by atoms with Crippen molar-refractivity contribution in [2.24, 2.45) is 0 Å². The summed E-state index contributed by atoms with van der Waals surface area (Å²) in [6, 6.07) is 8.94. The zero-order valence-corrected chi connectivity index (χ0v) is 12.0. The molecule has 21 heavy (non-hydrogen) atoms. The summed E-state index contributed by atoms with van der Waals surface area (Å²) in [5.74, 6) is 0.313. The molecule has 0 amide bonds. The van der Waals surface area contributed by atoms with Crippen LogP contribution in [-0.2, 0) is 5.75 Å². The number of halogens is 1. The van der Waals surface area contributed by atoms with Crippen molar-refractivity contribution in [2.45, 2.75) is 10.6 Å². The SMILES string of the molecule is COc1ccc(CSc2ccc(F)cc2N)cc1[N+](=O)[O-]. The molecule has 2 N–H and O–H groups in total. The first-order valence-corrected chi connectivity index (χ1v) is 6.99. The maximum atomic E-state index is 13.0. The van der Waals surface area contributed by atoms with E-state index in [0.717, 1.165) is 10.5 Å². The van der Waals surface area contributed by atoms with Crippen LogP contribution in [0.2, 0.25) is 0 Å². The molecule has 0 atom stereocenters. The number of methoxy groups -OCH3 is 1. The Morgan fingerprint density at radius 2 is 2.10 bits per heavy atom. The lowest BCUT2D eigenvalue weighted by atomic mass is 10.2. The van der Waals surface area contributed by atoms with Gasteiger partial charge in [-0.05, 0) is 29.8 Å². The van der Waals surface area contributed by atoms with Crippen LogP contribution in [0.1, 0.15) is 5.56 Å². The molecule has 0 unspecified atom stereocenters. The van der Waals surface area contributed by atoms with E-state index in [1.165, 1.54) is 37.1 Å². The van der Waals surface area contributed by atoms with E-state index in [0.29, 0.717) is 11.4 Å². The van der Waals surface area contributed by atoms with Gasteiger partial charge in [-0.15, -0.1) is 11.8 Å². The van der Waals surface area contributed by atoms with Gasteiger partial charge in [0.05, 0.1) is 12.0 Å². The molecule has 7 heteroatoms. The normalized spacial score (nSPS) is 10.4. The Morgan fingerprint density at radius 1 is 1.33 bits per heavy atom. The molecule has 0 radical (unpaired) electrons. The molecule has 5 nitrogen and oxygen atoms in total. The summed E-state index contributed by atoms with van der Waals surface area (Å²) in [6.45, 7) is 0. The minimum Gasteiger partial charge on any atom is -0.490 e. The number of nitrogen functional groups attached to an aromatic ring is 1. The predicted octanol–water partition coefficient (Wildman–Crippen LogP) is 3.62. The first kappa shape index (κ1) is 15.1. The minimum atomic E-state index is -0.487. The maximum absolute atomic E-state index is 13.0. The fourth-order valence-electron chi connectivity index (χ4n) is 1.78. The Balaban J connectivity index is 2.16. The van der Waals surface area contributed by atoms with Crippen LogP contribution in [0.25, 0.3) is 0 Å². The number of nitrogens with two attached hydrogens (primary N) is 1. The van der Waals surface area contributed by atoms with Gasteiger partial charge in [0.15, 0.2) is 5.75 Å². The molecule has 0 spiro atoms. The number of hydrogen-bond acceptors (Lipinski definition) is 5. The Labute approximate surface area is 125 Å². The Morgan fingerprint density at radius 3 is 2.71 bits per heavy atom. The van der Waals surface area contributed by atoms with Gasteiger partial charge in [0.25, 0.3) is 0 Å². The minimum absolute atomic E-state index is 0.0809. The molecule has 0 aromatic heterocycles. The number of rotatable bonds is 5. The average Bonchev–Trinajstić information content (AvgIpc) is 2.46. The van der Waals surface area contributed by atoms with E-state index in [1.54, 1.807) is 18.2 Å². The van der Waals surface area contributed by atoms with Crippen LogP contribution in [0.15, 0.2) is 41.3 Å². The highest BCUT2D eigenvalue weighted by molar-refractivity contribution is 7.98. The number of thioether (sulfide) groups is 1. The Hall–Kier alpha value is -2.28. The van der Waals surface area contributed by atoms with Crippen LogP contribution in [0, 0.1) is 15.9 Å². The fourth-order valence-corrected chi connectivity index (χ4v) is 2.67.